The molecule has 2 unspecified atom stereocenters. The van der Waals surface area contributed by atoms with Crippen molar-refractivity contribution >= 4 is 27.7 Å². The first kappa shape index (κ1) is 4.94. The molecular weight excluding hydrogens is 162 g/mol. The molecule has 0 amide bonds. The van der Waals surface area contributed by atoms with E-state index in [0.29, 0.717) is 10.2 Å². The summed E-state index contributed by atoms with van der Waals surface area (Å²) in [7, 11) is 0. The molecule has 1 aliphatic heterocycles. The lowest BCUT2D eigenvalue weighted by atomic mass is 10.4. The molecule has 1 fully saturated rings. The monoisotopic (exact) mass is 167 g/mol. The van der Waals surface area contributed by atoms with Gasteiger partial charge in [-0.1, -0.05) is 15.9 Å². The number of alkyl halides is 1. The predicted molar refractivity (Wildman–Crippen MR) is 33.1 cm³/mol. The Balaban J connectivity index is 2.20. The Kier molecular flexibility index (Phi) is 1.41. The molecular formula is C3H6BrNS. The van der Waals surface area contributed by atoms with Gasteiger partial charge >= 0.3 is 0 Å². The largest absolute Gasteiger partial charge is 0.325 e. The first-order valence-corrected chi connectivity index (χ1v) is 3.78. The maximum atomic E-state index is 5.45. The minimum atomic E-state index is 0.412. The van der Waals surface area contributed by atoms with E-state index in [2.05, 4.69) is 15.9 Å². The third-order valence-corrected chi connectivity index (χ3v) is 3.50. The van der Waals surface area contributed by atoms with E-state index in [1.54, 1.807) is 0 Å². The summed E-state index contributed by atoms with van der Waals surface area (Å²) in [5.74, 6) is 1.12. The summed E-state index contributed by atoms with van der Waals surface area (Å²) in [4.78, 5) is 0. The first-order chi connectivity index (χ1) is 2.80. The average Bonchev–Trinajstić information content (AvgIpc) is 1.61. The molecule has 2 N–H and O–H groups in total. The Morgan fingerprint density at radius 2 is 2.33 bits per heavy atom. The maximum Gasteiger partial charge on any atom is 0.0759 e. The number of rotatable bonds is 0. The van der Waals surface area contributed by atoms with Crippen LogP contribution < -0.4 is 5.73 Å². The fourth-order valence-electron chi connectivity index (χ4n) is 0.280. The van der Waals surface area contributed by atoms with E-state index in [1.165, 1.54) is 0 Å². The van der Waals surface area contributed by atoms with Crippen LogP contribution in [0, 0.1) is 0 Å². The first-order valence-electron chi connectivity index (χ1n) is 1.82. The van der Waals surface area contributed by atoms with Gasteiger partial charge in [0.15, 0.2) is 0 Å². The summed E-state index contributed by atoms with van der Waals surface area (Å²) in [6.07, 6.45) is 0. The van der Waals surface area contributed by atoms with Crippen LogP contribution in [0.25, 0.3) is 0 Å². The van der Waals surface area contributed by atoms with Crippen LogP contribution in [0.3, 0.4) is 0 Å². The van der Waals surface area contributed by atoms with Crippen LogP contribution in [0.1, 0.15) is 0 Å². The van der Waals surface area contributed by atoms with Crippen molar-refractivity contribution in [3.05, 3.63) is 0 Å². The minimum Gasteiger partial charge on any atom is -0.325 e. The van der Waals surface area contributed by atoms with Gasteiger partial charge in [-0.2, -0.15) is 0 Å². The van der Waals surface area contributed by atoms with Crippen LogP contribution in [-0.4, -0.2) is 16.0 Å². The highest BCUT2D eigenvalue weighted by atomic mass is 79.9. The standard InChI is InChI=1S/C3H6BrNS/c4-3-2(5)1-6-3/h2-3H,1,5H2. The van der Waals surface area contributed by atoms with E-state index in [9.17, 15) is 0 Å². The van der Waals surface area contributed by atoms with E-state index in [1.807, 2.05) is 11.8 Å². The molecule has 0 saturated carbocycles. The highest BCUT2D eigenvalue weighted by molar-refractivity contribution is 9.11. The van der Waals surface area contributed by atoms with Gasteiger partial charge in [0.1, 0.15) is 0 Å². The van der Waals surface area contributed by atoms with Crippen molar-refractivity contribution in [3.63, 3.8) is 0 Å². The van der Waals surface area contributed by atoms with Gasteiger partial charge in [-0.3, -0.25) is 0 Å². The number of nitrogens with two attached hydrogens (primary N) is 1. The van der Waals surface area contributed by atoms with Gasteiger partial charge in [-0.25, -0.2) is 0 Å². The quantitative estimate of drug-likeness (QED) is 0.541. The van der Waals surface area contributed by atoms with Crippen LogP contribution in [0.4, 0.5) is 0 Å². The predicted octanol–water partition coefficient (Wildman–Crippen LogP) is 0.782. The van der Waals surface area contributed by atoms with Gasteiger partial charge < -0.3 is 5.73 Å². The molecule has 0 aliphatic carbocycles. The Morgan fingerprint density at radius 3 is 2.33 bits per heavy atom. The molecule has 1 rings (SSSR count). The molecule has 1 nitrogen and oxygen atoms in total. The zero-order chi connectivity index (χ0) is 4.57. The molecule has 0 spiro atoms. The normalized spacial score (nSPS) is 45.0. The number of hydrogen-bond acceptors (Lipinski definition) is 2. The second-order valence-electron chi connectivity index (χ2n) is 1.35. The highest BCUT2D eigenvalue weighted by Crippen LogP contribution is 2.31. The Morgan fingerprint density at radius 1 is 1.83 bits per heavy atom. The Hall–Kier alpha value is 0.790. The van der Waals surface area contributed by atoms with Crippen LogP contribution in [0.2, 0.25) is 0 Å². The molecule has 0 aromatic heterocycles. The molecule has 6 heavy (non-hydrogen) atoms. The molecule has 36 valence electrons. The van der Waals surface area contributed by atoms with Crippen molar-refractivity contribution in [2.75, 3.05) is 5.75 Å². The smallest absolute Gasteiger partial charge is 0.0759 e. The van der Waals surface area contributed by atoms with Gasteiger partial charge in [-0.15, -0.1) is 11.8 Å². The average molecular weight is 168 g/mol. The summed E-state index contributed by atoms with van der Waals surface area (Å²) in [5.41, 5.74) is 5.45. The van der Waals surface area contributed by atoms with Crippen LogP contribution >= 0.6 is 27.7 Å². The minimum absolute atomic E-state index is 0.412. The molecule has 2 atom stereocenters. The van der Waals surface area contributed by atoms with Crippen molar-refractivity contribution in [1.29, 1.82) is 0 Å². The molecule has 1 saturated heterocycles. The second kappa shape index (κ2) is 1.72. The fraction of sp³-hybridized carbons (Fsp3) is 1.00. The van der Waals surface area contributed by atoms with E-state index >= 15 is 0 Å². The lowest BCUT2D eigenvalue weighted by Gasteiger charge is -2.26. The van der Waals surface area contributed by atoms with Gasteiger partial charge in [0.25, 0.3) is 0 Å². The molecule has 0 radical (unpaired) electrons. The third kappa shape index (κ3) is 0.718. The summed E-state index contributed by atoms with van der Waals surface area (Å²) < 4.78 is 0.539. The topological polar surface area (TPSA) is 26.0 Å². The summed E-state index contributed by atoms with van der Waals surface area (Å²) in [5, 5.41) is 0. The van der Waals surface area contributed by atoms with Gasteiger partial charge in [-0.05, 0) is 0 Å². The van der Waals surface area contributed by atoms with Crippen molar-refractivity contribution in [2.24, 2.45) is 5.73 Å². The molecule has 0 aromatic carbocycles. The number of hydrogen-bond donors (Lipinski definition) is 1. The summed E-state index contributed by atoms with van der Waals surface area (Å²) in [6, 6.07) is 0.412. The Labute approximate surface area is 49.8 Å². The molecule has 1 heterocycles. The van der Waals surface area contributed by atoms with E-state index in [-0.39, 0.29) is 0 Å². The number of thioether (sulfide) groups is 1. The second-order valence-corrected chi connectivity index (χ2v) is 4.12. The molecule has 3 heteroatoms. The van der Waals surface area contributed by atoms with Crippen molar-refractivity contribution < 1.29 is 0 Å². The lowest BCUT2D eigenvalue weighted by molar-refractivity contribution is 0.794. The van der Waals surface area contributed by atoms with E-state index in [4.69, 9.17) is 5.73 Å². The number of halogens is 1. The SMILES string of the molecule is NC1CSC1Br. The highest BCUT2D eigenvalue weighted by Gasteiger charge is 2.24. The van der Waals surface area contributed by atoms with Crippen LogP contribution in [0.15, 0.2) is 0 Å². The van der Waals surface area contributed by atoms with Crippen LogP contribution in [-0.2, 0) is 0 Å². The molecule has 0 bridgehead atoms. The van der Waals surface area contributed by atoms with Gasteiger partial charge in [0, 0.05) is 11.8 Å². The third-order valence-electron chi connectivity index (χ3n) is 0.785. The fourth-order valence-corrected chi connectivity index (χ4v) is 1.76. The van der Waals surface area contributed by atoms with Crippen molar-refractivity contribution in [1.82, 2.24) is 0 Å². The lowest BCUT2D eigenvalue weighted by Crippen LogP contribution is -2.39. The zero-order valence-corrected chi connectivity index (χ0v) is 5.63. The maximum absolute atomic E-state index is 5.45. The zero-order valence-electron chi connectivity index (χ0n) is 3.23. The van der Waals surface area contributed by atoms with Crippen molar-refractivity contribution in [3.8, 4) is 0 Å². The summed E-state index contributed by atoms with van der Waals surface area (Å²) >= 11 is 5.22. The van der Waals surface area contributed by atoms with Crippen molar-refractivity contribution in [2.45, 2.75) is 10.2 Å². The van der Waals surface area contributed by atoms with Gasteiger partial charge in [0.05, 0.1) is 4.16 Å². The van der Waals surface area contributed by atoms with Gasteiger partial charge in [0.2, 0.25) is 0 Å². The Bertz CT molecular complexity index is 50.8. The summed E-state index contributed by atoms with van der Waals surface area (Å²) in [6.45, 7) is 0. The van der Waals surface area contributed by atoms with E-state index < -0.39 is 0 Å². The van der Waals surface area contributed by atoms with E-state index in [0.717, 1.165) is 5.75 Å². The molecule has 1 aliphatic rings. The van der Waals surface area contributed by atoms with Crippen LogP contribution in [0.5, 0.6) is 0 Å². The molecule has 0 aromatic rings.